The maximum absolute atomic E-state index is 6.23. The van der Waals surface area contributed by atoms with E-state index in [1.165, 1.54) is 0 Å². The molecule has 0 fully saturated rings. The first-order chi connectivity index (χ1) is 10.8. The van der Waals surface area contributed by atoms with Gasteiger partial charge in [0.1, 0.15) is 12.4 Å². The fourth-order valence-corrected chi connectivity index (χ4v) is 2.34. The third-order valence-corrected chi connectivity index (χ3v) is 3.52. The first kappa shape index (κ1) is 16.6. The third kappa shape index (κ3) is 4.39. The zero-order chi connectivity index (χ0) is 15.8. The number of imidazole rings is 1. The van der Waals surface area contributed by atoms with Gasteiger partial charge in [0.05, 0.1) is 23.9 Å². The van der Waals surface area contributed by atoms with Gasteiger partial charge < -0.3 is 19.4 Å². The highest BCUT2D eigenvalue weighted by Crippen LogP contribution is 2.33. The zero-order valence-corrected chi connectivity index (χ0v) is 13.8. The first-order valence-electron chi connectivity index (χ1n) is 7.49. The van der Waals surface area contributed by atoms with E-state index < -0.39 is 0 Å². The predicted molar refractivity (Wildman–Crippen MR) is 88.7 cm³/mol. The molecule has 0 bridgehead atoms. The summed E-state index contributed by atoms with van der Waals surface area (Å²) in [4.78, 5) is 4.35. The Kier molecular flexibility index (Phi) is 6.55. The minimum absolute atomic E-state index is 0.468. The minimum atomic E-state index is 0.468. The maximum atomic E-state index is 6.23. The molecule has 1 heterocycles. The van der Waals surface area contributed by atoms with Crippen LogP contribution in [0.4, 0.5) is 5.69 Å². The molecule has 5 nitrogen and oxygen atoms in total. The van der Waals surface area contributed by atoms with Crippen molar-refractivity contribution in [2.24, 2.45) is 0 Å². The molecule has 6 heteroatoms. The van der Waals surface area contributed by atoms with E-state index in [2.05, 4.69) is 21.8 Å². The standard InChI is InChI=1S/C16H22ClN3O2/c1-3-20-9-8-18-15(20)12-19-14-7-5-6-13(17)16(14)22-11-10-21-4-2/h5-9,19H,3-4,10-12H2,1-2H3. The molecule has 0 saturated heterocycles. The summed E-state index contributed by atoms with van der Waals surface area (Å²) >= 11 is 6.23. The van der Waals surface area contributed by atoms with Crippen LogP contribution in [0.1, 0.15) is 19.7 Å². The van der Waals surface area contributed by atoms with Crippen LogP contribution in [0, 0.1) is 0 Å². The van der Waals surface area contributed by atoms with Crippen molar-refractivity contribution in [3.8, 4) is 5.75 Å². The third-order valence-electron chi connectivity index (χ3n) is 3.22. The fourth-order valence-electron chi connectivity index (χ4n) is 2.11. The number of rotatable bonds is 9. The van der Waals surface area contributed by atoms with Gasteiger partial charge in [-0.3, -0.25) is 0 Å². The van der Waals surface area contributed by atoms with Gasteiger partial charge in [-0.15, -0.1) is 0 Å². The second-order valence-corrected chi connectivity index (χ2v) is 5.05. The number of ether oxygens (including phenoxy) is 2. The summed E-state index contributed by atoms with van der Waals surface area (Å²) in [5, 5.41) is 3.92. The van der Waals surface area contributed by atoms with Crippen molar-refractivity contribution >= 4 is 17.3 Å². The van der Waals surface area contributed by atoms with Crippen LogP contribution in [0.25, 0.3) is 0 Å². The quantitative estimate of drug-likeness (QED) is 0.716. The molecule has 0 atom stereocenters. The summed E-state index contributed by atoms with van der Waals surface area (Å²) in [5.74, 6) is 1.63. The van der Waals surface area contributed by atoms with Crippen LogP contribution in [0.5, 0.6) is 5.75 Å². The summed E-state index contributed by atoms with van der Waals surface area (Å²) in [7, 11) is 0. The van der Waals surface area contributed by atoms with E-state index in [0.29, 0.717) is 37.1 Å². The van der Waals surface area contributed by atoms with Gasteiger partial charge >= 0.3 is 0 Å². The number of nitrogens with zero attached hydrogens (tertiary/aromatic N) is 2. The average Bonchev–Trinajstić information content (AvgIpc) is 2.98. The van der Waals surface area contributed by atoms with Crippen LogP contribution in [0.3, 0.4) is 0 Å². The number of anilines is 1. The SMILES string of the molecule is CCOCCOc1c(Cl)cccc1NCc1nccn1CC. The topological polar surface area (TPSA) is 48.3 Å². The summed E-state index contributed by atoms with van der Waals surface area (Å²) in [6, 6.07) is 5.66. The fraction of sp³-hybridized carbons (Fsp3) is 0.438. The molecular formula is C16H22ClN3O2. The summed E-state index contributed by atoms with van der Waals surface area (Å²) in [6.07, 6.45) is 3.77. The Morgan fingerprint density at radius 3 is 2.91 bits per heavy atom. The van der Waals surface area contributed by atoms with Crippen molar-refractivity contribution in [1.82, 2.24) is 9.55 Å². The van der Waals surface area contributed by atoms with Gasteiger partial charge in [-0.1, -0.05) is 17.7 Å². The Morgan fingerprint density at radius 1 is 1.27 bits per heavy atom. The molecule has 0 aliphatic rings. The van der Waals surface area contributed by atoms with Gasteiger partial charge in [-0.05, 0) is 26.0 Å². The van der Waals surface area contributed by atoms with Crippen LogP contribution >= 0.6 is 11.6 Å². The number of hydrogen-bond donors (Lipinski definition) is 1. The lowest BCUT2D eigenvalue weighted by atomic mass is 10.3. The normalized spacial score (nSPS) is 10.7. The van der Waals surface area contributed by atoms with E-state index in [9.17, 15) is 0 Å². The number of aromatic nitrogens is 2. The maximum Gasteiger partial charge on any atom is 0.161 e. The van der Waals surface area contributed by atoms with Crippen LogP contribution in [-0.2, 0) is 17.8 Å². The molecule has 0 unspecified atom stereocenters. The van der Waals surface area contributed by atoms with E-state index in [4.69, 9.17) is 21.1 Å². The molecule has 120 valence electrons. The number of hydrogen-bond acceptors (Lipinski definition) is 4. The van der Waals surface area contributed by atoms with Crippen molar-refractivity contribution in [1.29, 1.82) is 0 Å². The number of benzene rings is 1. The van der Waals surface area contributed by atoms with Gasteiger partial charge in [0.25, 0.3) is 0 Å². The molecule has 1 aromatic carbocycles. The van der Waals surface area contributed by atoms with Crippen LogP contribution in [0.2, 0.25) is 5.02 Å². The molecule has 1 aromatic heterocycles. The second-order valence-electron chi connectivity index (χ2n) is 4.64. The van der Waals surface area contributed by atoms with Gasteiger partial charge in [0.2, 0.25) is 0 Å². The van der Waals surface area contributed by atoms with Crippen molar-refractivity contribution in [3.63, 3.8) is 0 Å². The number of aryl methyl sites for hydroxylation is 1. The summed E-state index contributed by atoms with van der Waals surface area (Å²) in [6.45, 7) is 7.24. The smallest absolute Gasteiger partial charge is 0.161 e. The molecule has 0 amide bonds. The van der Waals surface area contributed by atoms with E-state index in [1.807, 2.05) is 31.3 Å². The average molecular weight is 324 g/mol. The van der Waals surface area contributed by atoms with Crippen molar-refractivity contribution in [3.05, 3.63) is 41.4 Å². The summed E-state index contributed by atoms with van der Waals surface area (Å²) < 4.78 is 13.1. The lowest BCUT2D eigenvalue weighted by molar-refractivity contribution is 0.110. The molecule has 0 saturated carbocycles. The highest BCUT2D eigenvalue weighted by atomic mass is 35.5. The minimum Gasteiger partial charge on any atom is -0.487 e. The Hall–Kier alpha value is -1.72. The van der Waals surface area contributed by atoms with E-state index in [1.54, 1.807) is 6.20 Å². The van der Waals surface area contributed by atoms with Crippen LogP contribution in [-0.4, -0.2) is 29.4 Å². The lowest BCUT2D eigenvalue weighted by Gasteiger charge is -2.15. The Balaban J connectivity index is 2.02. The van der Waals surface area contributed by atoms with Gasteiger partial charge in [0.15, 0.2) is 5.75 Å². The van der Waals surface area contributed by atoms with Crippen LogP contribution in [0.15, 0.2) is 30.6 Å². The number of nitrogens with one attached hydrogen (secondary N) is 1. The van der Waals surface area contributed by atoms with Crippen molar-refractivity contribution in [2.75, 3.05) is 25.1 Å². The molecule has 0 spiro atoms. The molecule has 0 aliphatic carbocycles. The highest BCUT2D eigenvalue weighted by Gasteiger charge is 2.09. The first-order valence-corrected chi connectivity index (χ1v) is 7.87. The molecule has 2 rings (SSSR count). The second kappa shape index (κ2) is 8.66. The Bertz CT molecular complexity index is 587. The van der Waals surface area contributed by atoms with E-state index in [0.717, 1.165) is 18.1 Å². The zero-order valence-electron chi connectivity index (χ0n) is 13.0. The summed E-state index contributed by atoms with van der Waals surface area (Å²) in [5.41, 5.74) is 0.856. The molecule has 2 aromatic rings. The van der Waals surface area contributed by atoms with E-state index >= 15 is 0 Å². The molecule has 1 N–H and O–H groups in total. The number of para-hydroxylation sites is 1. The monoisotopic (exact) mass is 323 g/mol. The Labute approximate surface area is 136 Å². The van der Waals surface area contributed by atoms with Gasteiger partial charge in [0, 0.05) is 25.5 Å². The Morgan fingerprint density at radius 2 is 2.14 bits per heavy atom. The largest absolute Gasteiger partial charge is 0.487 e. The molecule has 0 aliphatic heterocycles. The van der Waals surface area contributed by atoms with Gasteiger partial charge in [-0.2, -0.15) is 0 Å². The van der Waals surface area contributed by atoms with Crippen LogP contribution < -0.4 is 10.1 Å². The van der Waals surface area contributed by atoms with Crippen molar-refractivity contribution in [2.45, 2.75) is 26.9 Å². The number of halogens is 1. The molecular weight excluding hydrogens is 302 g/mol. The predicted octanol–water partition coefficient (Wildman–Crippen LogP) is 3.58. The van der Waals surface area contributed by atoms with Gasteiger partial charge in [-0.25, -0.2) is 4.98 Å². The molecule has 0 radical (unpaired) electrons. The van der Waals surface area contributed by atoms with E-state index in [-0.39, 0.29) is 0 Å². The lowest BCUT2D eigenvalue weighted by Crippen LogP contribution is -2.11. The van der Waals surface area contributed by atoms with Crippen molar-refractivity contribution < 1.29 is 9.47 Å². The highest BCUT2D eigenvalue weighted by molar-refractivity contribution is 6.32. The molecule has 22 heavy (non-hydrogen) atoms.